The quantitative estimate of drug-likeness (QED) is 0.829. The Morgan fingerprint density at radius 2 is 1.85 bits per heavy atom. The minimum absolute atomic E-state index is 0.450. The normalized spacial score (nSPS) is 10.6. The van der Waals surface area contributed by atoms with E-state index in [4.69, 9.17) is 4.74 Å². The first-order chi connectivity index (χ1) is 9.63. The molecule has 0 bridgehead atoms. The number of nitrogens with zero attached hydrogens (tertiary/aromatic N) is 2. The van der Waals surface area contributed by atoms with Crippen LogP contribution in [-0.2, 0) is 17.8 Å². The molecule has 0 aliphatic carbocycles. The maximum Gasteiger partial charge on any atom is 0.144 e. The molecule has 0 amide bonds. The summed E-state index contributed by atoms with van der Waals surface area (Å²) in [4.78, 5) is 9.07. The summed E-state index contributed by atoms with van der Waals surface area (Å²) >= 11 is 6.93. The van der Waals surface area contributed by atoms with Crippen molar-refractivity contribution in [1.29, 1.82) is 0 Å². The van der Waals surface area contributed by atoms with Crippen molar-refractivity contribution in [1.82, 2.24) is 9.97 Å². The molecule has 0 saturated heterocycles. The molecule has 2 rings (SSSR count). The van der Waals surface area contributed by atoms with E-state index in [-0.39, 0.29) is 0 Å². The lowest BCUT2D eigenvalue weighted by atomic mass is 10.1. The van der Waals surface area contributed by atoms with Crippen molar-refractivity contribution in [2.24, 2.45) is 0 Å². The standard InChI is InChI=1S/C14H15Br2N3O/c1-17-14-13(16)11(8-20-2)18-12(19-14)7-9-3-5-10(15)6-4-9/h3-6H,7-8H2,1-2H3,(H,17,18,19). The molecular formula is C14H15Br2N3O. The van der Waals surface area contributed by atoms with Crippen LogP contribution in [0.2, 0.25) is 0 Å². The molecule has 1 aromatic heterocycles. The minimum Gasteiger partial charge on any atom is -0.378 e. The molecule has 0 unspecified atom stereocenters. The molecule has 0 aliphatic rings. The van der Waals surface area contributed by atoms with Crippen LogP contribution in [0, 0.1) is 0 Å². The Labute approximate surface area is 135 Å². The summed E-state index contributed by atoms with van der Waals surface area (Å²) in [6.07, 6.45) is 0.686. The second-order valence-corrected chi connectivity index (χ2v) is 5.94. The van der Waals surface area contributed by atoms with E-state index in [9.17, 15) is 0 Å². The summed E-state index contributed by atoms with van der Waals surface area (Å²) in [5, 5.41) is 3.07. The van der Waals surface area contributed by atoms with Gasteiger partial charge in [-0.2, -0.15) is 0 Å². The van der Waals surface area contributed by atoms with Gasteiger partial charge in [0.2, 0.25) is 0 Å². The molecule has 0 aliphatic heterocycles. The van der Waals surface area contributed by atoms with Gasteiger partial charge < -0.3 is 10.1 Å². The third kappa shape index (κ3) is 3.77. The average Bonchev–Trinajstić information content (AvgIpc) is 2.45. The van der Waals surface area contributed by atoms with Gasteiger partial charge >= 0.3 is 0 Å². The topological polar surface area (TPSA) is 47.0 Å². The Morgan fingerprint density at radius 1 is 1.15 bits per heavy atom. The number of rotatable bonds is 5. The summed E-state index contributed by atoms with van der Waals surface area (Å²) in [6.45, 7) is 0.450. The number of hydrogen-bond acceptors (Lipinski definition) is 4. The van der Waals surface area contributed by atoms with E-state index in [0.717, 1.165) is 26.3 Å². The van der Waals surface area contributed by atoms with E-state index in [1.807, 2.05) is 19.2 Å². The zero-order valence-electron chi connectivity index (χ0n) is 11.3. The first kappa shape index (κ1) is 15.4. The summed E-state index contributed by atoms with van der Waals surface area (Å²) < 4.78 is 7.09. The largest absolute Gasteiger partial charge is 0.378 e. The third-order valence-electron chi connectivity index (χ3n) is 2.76. The zero-order valence-corrected chi connectivity index (χ0v) is 14.5. The number of ether oxygens (including phenoxy) is 1. The Balaban J connectivity index is 2.31. The summed E-state index contributed by atoms with van der Waals surface area (Å²) in [6, 6.07) is 8.15. The highest BCUT2D eigenvalue weighted by atomic mass is 79.9. The maximum atomic E-state index is 5.17. The smallest absolute Gasteiger partial charge is 0.144 e. The second-order valence-electron chi connectivity index (χ2n) is 4.24. The molecule has 0 saturated carbocycles. The number of hydrogen-bond donors (Lipinski definition) is 1. The predicted molar refractivity (Wildman–Crippen MR) is 86.9 cm³/mol. The van der Waals surface area contributed by atoms with Gasteiger partial charge in [0.15, 0.2) is 0 Å². The summed E-state index contributed by atoms with van der Waals surface area (Å²) in [5.74, 6) is 1.55. The van der Waals surface area contributed by atoms with Gasteiger partial charge in [-0.3, -0.25) is 0 Å². The van der Waals surface area contributed by atoms with Crippen molar-refractivity contribution in [3.8, 4) is 0 Å². The lowest BCUT2D eigenvalue weighted by molar-refractivity contribution is 0.180. The summed E-state index contributed by atoms with van der Waals surface area (Å²) in [7, 11) is 3.50. The van der Waals surface area contributed by atoms with E-state index in [2.05, 4.69) is 59.3 Å². The maximum absolute atomic E-state index is 5.17. The van der Waals surface area contributed by atoms with Crippen LogP contribution in [0.4, 0.5) is 5.82 Å². The fraction of sp³-hybridized carbons (Fsp3) is 0.286. The van der Waals surface area contributed by atoms with Crippen LogP contribution in [0.3, 0.4) is 0 Å². The molecule has 1 heterocycles. The number of anilines is 1. The number of nitrogens with one attached hydrogen (secondary N) is 1. The minimum atomic E-state index is 0.450. The van der Waals surface area contributed by atoms with Crippen LogP contribution in [0.1, 0.15) is 17.1 Å². The fourth-order valence-corrected chi connectivity index (χ4v) is 2.56. The molecule has 20 heavy (non-hydrogen) atoms. The van der Waals surface area contributed by atoms with Crippen LogP contribution in [0.5, 0.6) is 0 Å². The van der Waals surface area contributed by atoms with Crippen molar-refractivity contribution < 1.29 is 4.74 Å². The van der Waals surface area contributed by atoms with Gasteiger partial charge in [-0.15, -0.1) is 0 Å². The zero-order chi connectivity index (χ0) is 14.5. The number of benzene rings is 1. The molecular weight excluding hydrogens is 386 g/mol. The SMILES string of the molecule is CNc1nc(Cc2ccc(Br)cc2)nc(COC)c1Br. The van der Waals surface area contributed by atoms with Gasteiger partial charge in [-0.25, -0.2) is 9.97 Å². The average molecular weight is 401 g/mol. The highest BCUT2D eigenvalue weighted by Crippen LogP contribution is 2.24. The van der Waals surface area contributed by atoms with Crippen molar-refractivity contribution in [2.75, 3.05) is 19.5 Å². The molecule has 0 spiro atoms. The van der Waals surface area contributed by atoms with Gasteiger partial charge in [0.25, 0.3) is 0 Å². The van der Waals surface area contributed by atoms with Crippen molar-refractivity contribution in [2.45, 2.75) is 13.0 Å². The van der Waals surface area contributed by atoms with Crippen LogP contribution >= 0.6 is 31.9 Å². The third-order valence-corrected chi connectivity index (χ3v) is 4.12. The number of aromatic nitrogens is 2. The predicted octanol–water partition coefficient (Wildman–Crippen LogP) is 3.78. The van der Waals surface area contributed by atoms with Gasteiger partial charge in [-0.05, 0) is 33.6 Å². The first-order valence-corrected chi connectivity index (χ1v) is 7.69. The molecule has 4 nitrogen and oxygen atoms in total. The van der Waals surface area contributed by atoms with E-state index in [0.29, 0.717) is 13.0 Å². The van der Waals surface area contributed by atoms with E-state index in [1.54, 1.807) is 7.11 Å². The molecule has 6 heteroatoms. The second kappa shape index (κ2) is 7.15. The highest BCUT2D eigenvalue weighted by Gasteiger charge is 2.11. The molecule has 0 atom stereocenters. The van der Waals surface area contributed by atoms with Gasteiger partial charge in [0, 0.05) is 25.1 Å². The monoisotopic (exact) mass is 399 g/mol. The molecule has 1 N–H and O–H groups in total. The van der Waals surface area contributed by atoms with Crippen LogP contribution in [0.15, 0.2) is 33.2 Å². The lowest BCUT2D eigenvalue weighted by Crippen LogP contribution is -2.07. The van der Waals surface area contributed by atoms with Gasteiger partial charge in [0.05, 0.1) is 16.8 Å². The summed E-state index contributed by atoms with van der Waals surface area (Å²) in [5.41, 5.74) is 2.01. The van der Waals surface area contributed by atoms with E-state index >= 15 is 0 Å². The Hall–Kier alpha value is -0.980. The fourth-order valence-electron chi connectivity index (χ4n) is 1.81. The van der Waals surface area contributed by atoms with Gasteiger partial charge in [0.1, 0.15) is 11.6 Å². The molecule has 1 aromatic carbocycles. The van der Waals surface area contributed by atoms with Crippen LogP contribution in [-0.4, -0.2) is 24.1 Å². The molecule has 0 radical (unpaired) electrons. The van der Waals surface area contributed by atoms with Gasteiger partial charge in [-0.1, -0.05) is 28.1 Å². The lowest BCUT2D eigenvalue weighted by Gasteiger charge is -2.10. The first-order valence-electron chi connectivity index (χ1n) is 6.10. The number of halogens is 2. The van der Waals surface area contributed by atoms with E-state index in [1.165, 1.54) is 5.56 Å². The van der Waals surface area contributed by atoms with Crippen molar-refractivity contribution in [3.05, 3.63) is 50.3 Å². The molecule has 0 fully saturated rings. The van der Waals surface area contributed by atoms with Crippen LogP contribution in [0.25, 0.3) is 0 Å². The Bertz CT molecular complexity index is 588. The van der Waals surface area contributed by atoms with Crippen LogP contribution < -0.4 is 5.32 Å². The number of methoxy groups -OCH3 is 1. The Kier molecular flexibility index (Phi) is 5.51. The molecule has 106 valence electrons. The van der Waals surface area contributed by atoms with Crippen molar-refractivity contribution >= 4 is 37.7 Å². The Morgan fingerprint density at radius 3 is 2.45 bits per heavy atom. The molecule has 2 aromatic rings. The van der Waals surface area contributed by atoms with Crippen molar-refractivity contribution in [3.63, 3.8) is 0 Å². The van der Waals surface area contributed by atoms with E-state index < -0.39 is 0 Å². The highest BCUT2D eigenvalue weighted by molar-refractivity contribution is 9.10.